The average Bonchev–Trinajstić information content (AvgIpc) is 3.27. The summed E-state index contributed by atoms with van der Waals surface area (Å²) < 4.78 is 10.7. The van der Waals surface area contributed by atoms with E-state index in [4.69, 9.17) is 20.2 Å². The second kappa shape index (κ2) is 8.56. The number of aliphatic imine (C=N–C) groups is 1. The number of hydrogen-bond acceptors (Lipinski definition) is 9. The normalized spacial score (nSPS) is 19.5. The first-order valence-electron chi connectivity index (χ1n) is 10.6. The smallest absolute Gasteiger partial charge is 0.228 e. The Bertz CT molecular complexity index is 1180. The molecule has 3 aromatic rings. The molecule has 10 heteroatoms. The summed E-state index contributed by atoms with van der Waals surface area (Å²) in [6.45, 7) is 1.77. The topological polar surface area (TPSA) is 127 Å². The Balaban J connectivity index is 1.49. The molecule has 0 bridgehead atoms. The number of ether oxygens (including phenoxy) is 2. The van der Waals surface area contributed by atoms with Crippen molar-refractivity contribution < 1.29 is 9.47 Å². The number of aromatic amines is 1. The zero-order chi connectivity index (χ0) is 22.1. The zero-order valence-corrected chi connectivity index (χ0v) is 18.1. The molecule has 1 saturated heterocycles. The van der Waals surface area contributed by atoms with Crippen LogP contribution >= 0.6 is 0 Å². The lowest BCUT2D eigenvalue weighted by atomic mass is 10.1. The van der Waals surface area contributed by atoms with Gasteiger partial charge in [-0.25, -0.2) is 4.98 Å². The van der Waals surface area contributed by atoms with E-state index in [0.29, 0.717) is 5.90 Å². The molecule has 2 aliphatic rings. The molecule has 5 rings (SSSR count). The van der Waals surface area contributed by atoms with Crippen LogP contribution in [-0.2, 0) is 9.47 Å². The summed E-state index contributed by atoms with van der Waals surface area (Å²) in [4.78, 5) is 15.8. The Morgan fingerprint density at radius 1 is 1.16 bits per heavy atom. The third-order valence-corrected chi connectivity index (χ3v) is 5.83. The van der Waals surface area contributed by atoms with Gasteiger partial charge in [0, 0.05) is 37.7 Å². The van der Waals surface area contributed by atoms with Crippen LogP contribution in [-0.4, -0.2) is 65.8 Å². The number of aromatic nitrogens is 4. The molecule has 166 valence electrons. The van der Waals surface area contributed by atoms with E-state index in [0.717, 1.165) is 65.3 Å². The average molecular weight is 435 g/mol. The minimum Gasteiger partial charge on any atom is -0.481 e. The quantitative estimate of drug-likeness (QED) is 0.568. The monoisotopic (exact) mass is 434 g/mol. The highest BCUT2D eigenvalue weighted by molar-refractivity contribution is 5.99. The summed E-state index contributed by atoms with van der Waals surface area (Å²) in [5.74, 6) is 1.35. The lowest BCUT2D eigenvalue weighted by Gasteiger charge is -2.30. The minimum atomic E-state index is -0.510. The van der Waals surface area contributed by atoms with Gasteiger partial charge < -0.3 is 25.4 Å². The molecule has 1 fully saturated rings. The fraction of sp³-hybridized carbons (Fsp3) is 0.364. The van der Waals surface area contributed by atoms with Crippen LogP contribution in [0.4, 0.5) is 5.82 Å². The molecule has 0 saturated carbocycles. The van der Waals surface area contributed by atoms with Gasteiger partial charge in [-0.15, -0.1) is 0 Å². The van der Waals surface area contributed by atoms with Crippen LogP contribution in [0.1, 0.15) is 18.4 Å². The summed E-state index contributed by atoms with van der Waals surface area (Å²) in [7, 11) is 3.18. The number of H-pyrrole nitrogens is 1. The number of fused-ring (bicyclic) bond motifs is 1. The largest absolute Gasteiger partial charge is 0.481 e. The van der Waals surface area contributed by atoms with E-state index in [1.54, 1.807) is 26.6 Å². The first-order valence-corrected chi connectivity index (χ1v) is 10.6. The van der Waals surface area contributed by atoms with Crippen LogP contribution in [0.15, 0.2) is 41.7 Å². The van der Waals surface area contributed by atoms with Crippen LogP contribution in [0.25, 0.3) is 28.0 Å². The fourth-order valence-corrected chi connectivity index (χ4v) is 4.00. The van der Waals surface area contributed by atoms with Gasteiger partial charge in [-0.2, -0.15) is 10.1 Å². The lowest BCUT2D eigenvalue weighted by Crippen LogP contribution is -2.40. The van der Waals surface area contributed by atoms with E-state index in [9.17, 15) is 0 Å². The molecule has 0 radical (unpaired) electrons. The fourth-order valence-electron chi connectivity index (χ4n) is 4.00. The number of rotatable bonds is 4. The van der Waals surface area contributed by atoms with E-state index in [1.807, 2.05) is 18.2 Å². The van der Waals surface area contributed by atoms with Gasteiger partial charge in [-0.1, -0.05) is 6.07 Å². The van der Waals surface area contributed by atoms with Crippen molar-refractivity contribution in [2.75, 3.05) is 32.2 Å². The van der Waals surface area contributed by atoms with Crippen molar-refractivity contribution in [3.63, 3.8) is 0 Å². The second-order valence-corrected chi connectivity index (χ2v) is 7.88. The van der Waals surface area contributed by atoms with Crippen molar-refractivity contribution in [3.8, 4) is 11.4 Å². The van der Waals surface area contributed by atoms with Gasteiger partial charge in [-0.05, 0) is 30.5 Å². The summed E-state index contributed by atoms with van der Waals surface area (Å²) >= 11 is 0. The van der Waals surface area contributed by atoms with Crippen LogP contribution < -0.4 is 16.0 Å². The number of methoxy groups -OCH3 is 2. The first-order chi connectivity index (χ1) is 15.6. The summed E-state index contributed by atoms with van der Waals surface area (Å²) in [6.07, 6.45) is 6.79. The molecule has 4 N–H and O–H groups in total. The van der Waals surface area contributed by atoms with Gasteiger partial charge in [0.15, 0.2) is 0 Å². The molecule has 32 heavy (non-hydrogen) atoms. The number of hydrogen-bond donors (Lipinski definition) is 3. The first kappa shape index (κ1) is 20.4. The maximum atomic E-state index is 6.05. The molecule has 1 unspecified atom stereocenters. The van der Waals surface area contributed by atoms with Crippen molar-refractivity contribution in [2.24, 2.45) is 10.7 Å². The molecule has 2 aliphatic heterocycles. The van der Waals surface area contributed by atoms with Crippen LogP contribution in [0.3, 0.4) is 0 Å². The Labute approximate surface area is 185 Å². The summed E-state index contributed by atoms with van der Waals surface area (Å²) in [6, 6.07) is 6.33. The Kier molecular flexibility index (Phi) is 5.46. The SMILES string of the molecule is COC1=NC(OC)NC(c2ccc3[nH]nc(-c4cncc(N5CCC(N)CC5)n4)c3c2)=C1. The van der Waals surface area contributed by atoms with Crippen molar-refractivity contribution >= 4 is 28.3 Å². The van der Waals surface area contributed by atoms with Crippen molar-refractivity contribution in [1.29, 1.82) is 0 Å². The third kappa shape index (κ3) is 3.90. The predicted molar refractivity (Wildman–Crippen MR) is 123 cm³/mol. The van der Waals surface area contributed by atoms with Gasteiger partial charge in [0.25, 0.3) is 0 Å². The molecule has 4 heterocycles. The molecule has 2 aromatic heterocycles. The molecular formula is C22H26N8O2. The number of nitrogens with two attached hydrogens (primary N) is 1. The summed E-state index contributed by atoms with van der Waals surface area (Å²) in [5.41, 5.74) is 10.2. The van der Waals surface area contributed by atoms with Gasteiger partial charge in [0.2, 0.25) is 12.2 Å². The van der Waals surface area contributed by atoms with Gasteiger partial charge in [0.1, 0.15) is 17.2 Å². The van der Waals surface area contributed by atoms with E-state index < -0.39 is 6.35 Å². The Morgan fingerprint density at radius 3 is 2.78 bits per heavy atom. The highest BCUT2D eigenvalue weighted by Crippen LogP contribution is 2.29. The van der Waals surface area contributed by atoms with Crippen molar-refractivity contribution in [2.45, 2.75) is 25.2 Å². The van der Waals surface area contributed by atoms with E-state index >= 15 is 0 Å². The Morgan fingerprint density at radius 2 is 2.00 bits per heavy atom. The van der Waals surface area contributed by atoms with E-state index in [1.165, 1.54) is 0 Å². The van der Waals surface area contributed by atoms with Gasteiger partial charge in [0.05, 0.1) is 30.7 Å². The third-order valence-electron chi connectivity index (χ3n) is 5.83. The number of anilines is 1. The molecular weight excluding hydrogens is 408 g/mol. The Hall–Kier alpha value is -3.50. The molecule has 0 aliphatic carbocycles. The van der Waals surface area contributed by atoms with Crippen LogP contribution in [0.2, 0.25) is 0 Å². The van der Waals surface area contributed by atoms with Crippen LogP contribution in [0, 0.1) is 0 Å². The maximum Gasteiger partial charge on any atom is 0.228 e. The van der Waals surface area contributed by atoms with E-state index in [-0.39, 0.29) is 6.04 Å². The van der Waals surface area contributed by atoms with E-state index in [2.05, 4.69) is 36.5 Å². The number of piperidine rings is 1. The maximum absolute atomic E-state index is 6.05. The van der Waals surface area contributed by atoms with Crippen molar-refractivity contribution in [3.05, 3.63) is 42.2 Å². The van der Waals surface area contributed by atoms with Crippen LogP contribution in [0.5, 0.6) is 0 Å². The van der Waals surface area contributed by atoms with Gasteiger partial charge >= 0.3 is 0 Å². The zero-order valence-electron chi connectivity index (χ0n) is 18.1. The molecule has 10 nitrogen and oxygen atoms in total. The summed E-state index contributed by atoms with van der Waals surface area (Å²) in [5, 5.41) is 11.8. The highest BCUT2D eigenvalue weighted by atomic mass is 16.5. The number of nitrogens with zero attached hydrogens (tertiary/aromatic N) is 5. The number of nitrogens with one attached hydrogen (secondary N) is 2. The standard InChI is InChI=1S/C22H26N8O2/c1-31-20-10-17(26-22(27-20)32-2)13-3-4-16-15(9-13)21(29-28-16)18-11-24-12-19(25-18)30-7-5-14(23)6-8-30/h3-4,9-12,14,22,26H,5-8,23H2,1-2H3,(H,28,29). The van der Waals surface area contributed by atoms with Gasteiger partial charge in [-0.3, -0.25) is 10.1 Å². The van der Waals surface area contributed by atoms with Crippen molar-refractivity contribution in [1.82, 2.24) is 25.5 Å². The second-order valence-electron chi connectivity index (χ2n) is 7.88. The minimum absolute atomic E-state index is 0.264. The highest BCUT2D eigenvalue weighted by Gasteiger charge is 2.20. The lowest BCUT2D eigenvalue weighted by molar-refractivity contribution is 0.0927. The molecule has 1 aromatic carbocycles. The molecule has 0 amide bonds. The molecule has 1 atom stereocenters. The molecule has 0 spiro atoms. The predicted octanol–water partition coefficient (Wildman–Crippen LogP) is 1.87. The number of benzene rings is 1.